The van der Waals surface area contributed by atoms with Crippen molar-refractivity contribution in [2.45, 2.75) is 26.4 Å². The Labute approximate surface area is 150 Å². The fraction of sp³-hybridized carbons (Fsp3) is 0.222. The monoisotopic (exact) mass is 353 g/mol. The molecule has 3 rings (SSSR count). The van der Waals surface area contributed by atoms with Crippen LogP contribution in [0.15, 0.2) is 48.8 Å². The summed E-state index contributed by atoms with van der Waals surface area (Å²) in [5, 5.41) is 10.0. The van der Waals surface area contributed by atoms with Gasteiger partial charge in [0, 0.05) is 18.0 Å². The Morgan fingerprint density at radius 1 is 1.32 bits per heavy atom. The highest BCUT2D eigenvalue weighted by Crippen LogP contribution is 2.18. The molecule has 0 saturated carbocycles. The lowest BCUT2D eigenvalue weighted by molar-refractivity contribution is -0.122. The molecule has 1 aromatic carbocycles. The average molecular weight is 353 g/mol. The Bertz CT molecular complexity index is 932. The molecule has 3 aromatic rings. The van der Waals surface area contributed by atoms with E-state index in [-0.39, 0.29) is 18.5 Å². The Morgan fingerprint density at radius 2 is 2.08 bits per heavy atom. The number of H-pyrrole nitrogens is 1. The highest BCUT2D eigenvalue weighted by Gasteiger charge is 2.14. The molecule has 0 aliphatic heterocycles. The molecular weight excluding hydrogens is 334 g/mol. The van der Waals surface area contributed by atoms with Crippen LogP contribution in [0.1, 0.15) is 24.1 Å². The number of benzene rings is 1. The minimum Gasteiger partial charge on any atom is -0.348 e. The molecule has 0 radical (unpaired) electrons. The quantitative estimate of drug-likeness (QED) is 0.691. The van der Waals surface area contributed by atoms with E-state index in [2.05, 4.69) is 20.5 Å². The zero-order valence-corrected chi connectivity index (χ0v) is 14.9. The molecule has 0 saturated heterocycles. The number of hydrogen-bond donors (Lipinski definition) is 2. The molecule has 1 amide bonds. The Kier molecular flexibility index (Phi) is 5.04. The first kappa shape index (κ1) is 17.0. The van der Waals surface area contributed by atoms with E-state index in [4.69, 9.17) is 12.2 Å². The van der Waals surface area contributed by atoms with Crippen LogP contribution in [0.4, 0.5) is 0 Å². The molecule has 0 unspecified atom stereocenters. The van der Waals surface area contributed by atoms with Crippen molar-refractivity contribution in [3.63, 3.8) is 0 Å². The van der Waals surface area contributed by atoms with Gasteiger partial charge < -0.3 is 5.32 Å². The number of pyridine rings is 1. The number of aromatic amines is 1. The van der Waals surface area contributed by atoms with Crippen LogP contribution in [0, 0.1) is 11.7 Å². The van der Waals surface area contributed by atoms with Crippen molar-refractivity contribution in [1.29, 1.82) is 0 Å². The fourth-order valence-electron chi connectivity index (χ4n) is 2.64. The lowest BCUT2D eigenvalue weighted by Gasteiger charge is -2.15. The van der Waals surface area contributed by atoms with Gasteiger partial charge in [0.2, 0.25) is 5.91 Å². The van der Waals surface area contributed by atoms with Crippen molar-refractivity contribution in [3.05, 3.63) is 64.7 Å². The van der Waals surface area contributed by atoms with E-state index in [1.54, 1.807) is 17.0 Å². The summed E-state index contributed by atoms with van der Waals surface area (Å²) in [6, 6.07) is 11.6. The molecule has 0 spiro atoms. The molecule has 2 N–H and O–H groups in total. The van der Waals surface area contributed by atoms with E-state index in [0.717, 1.165) is 16.7 Å². The summed E-state index contributed by atoms with van der Waals surface area (Å²) in [6.07, 6.45) is 3.42. The van der Waals surface area contributed by atoms with Gasteiger partial charge in [-0.05, 0) is 49.8 Å². The number of aryl methyl sites for hydroxylation is 1. The van der Waals surface area contributed by atoms with Crippen LogP contribution in [0.25, 0.3) is 11.4 Å². The summed E-state index contributed by atoms with van der Waals surface area (Å²) >= 11 is 5.29. The predicted molar refractivity (Wildman–Crippen MR) is 98.4 cm³/mol. The van der Waals surface area contributed by atoms with Crippen molar-refractivity contribution in [2.24, 2.45) is 0 Å². The van der Waals surface area contributed by atoms with Crippen LogP contribution in [0.3, 0.4) is 0 Å². The average Bonchev–Trinajstić information content (AvgIpc) is 2.96. The third-order valence-electron chi connectivity index (χ3n) is 3.92. The van der Waals surface area contributed by atoms with Crippen molar-refractivity contribution in [2.75, 3.05) is 0 Å². The van der Waals surface area contributed by atoms with Crippen LogP contribution in [0.5, 0.6) is 0 Å². The van der Waals surface area contributed by atoms with Crippen molar-refractivity contribution in [3.8, 4) is 11.4 Å². The molecule has 1 atom stereocenters. The second-order valence-corrected chi connectivity index (χ2v) is 6.26. The maximum atomic E-state index is 12.5. The predicted octanol–water partition coefficient (Wildman–Crippen LogP) is 3.19. The lowest BCUT2D eigenvalue weighted by Crippen LogP contribution is -2.30. The van der Waals surface area contributed by atoms with Gasteiger partial charge in [-0.3, -0.25) is 19.4 Å². The summed E-state index contributed by atoms with van der Waals surface area (Å²) in [5.41, 5.74) is 3.04. The van der Waals surface area contributed by atoms with Gasteiger partial charge in [-0.1, -0.05) is 23.8 Å². The van der Waals surface area contributed by atoms with E-state index >= 15 is 0 Å². The topological polar surface area (TPSA) is 75.6 Å². The Morgan fingerprint density at radius 3 is 2.80 bits per heavy atom. The summed E-state index contributed by atoms with van der Waals surface area (Å²) in [7, 11) is 0. The van der Waals surface area contributed by atoms with E-state index < -0.39 is 0 Å². The summed E-state index contributed by atoms with van der Waals surface area (Å²) < 4.78 is 2.13. The second-order valence-electron chi connectivity index (χ2n) is 5.88. The summed E-state index contributed by atoms with van der Waals surface area (Å²) in [6.45, 7) is 4.05. The normalized spacial score (nSPS) is 11.9. The van der Waals surface area contributed by atoms with Gasteiger partial charge in [0.05, 0.1) is 6.04 Å². The highest BCUT2D eigenvalue weighted by atomic mass is 32.1. The van der Waals surface area contributed by atoms with Gasteiger partial charge in [-0.15, -0.1) is 0 Å². The summed E-state index contributed by atoms with van der Waals surface area (Å²) in [5.74, 6) is 0.524. The molecule has 2 heterocycles. The first-order valence-electron chi connectivity index (χ1n) is 7.96. The van der Waals surface area contributed by atoms with E-state index in [1.165, 1.54) is 0 Å². The number of carbonyl (C=O) groups is 1. The molecule has 128 valence electrons. The molecule has 2 aromatic heterocycles. The maximum absolute atomic E-state index is 12.5. The lowest BCUT2D eigenvalue weighted by atomic mass is 10.1. The number of nitrogens with one attached hydrogen (secondary N) is 2. The van der Waals surface area contributed by atoms with Gasteiger partial charge >= 0.3 is 0 Å². The molecule has 0 bridgehead atoms. The van der Waals surface area contributed by atoms with Crippen molar-refractivity contribution < 1.29 is 4.79 Å². The van der Waals surface area contributed by atoms with Crippen LogP contribution in [-0.4, -0.2) is 25.7 Å². The number of amides is 1. The van der Waals surface area contributed by atoms with Gasteiger partial charge in [0.25, 0.3) is 0 Å². The standard InChI is InChI=1S/C18H19N5OS/c1-12-4-3-5-15(10-12)17-21-22-18(25)23(17)11-16(24)20-13(2)14-6-8-19-9-7-14/h3-10,13H,11H2,1-2H3,(H,20,24)(H,22,25)/t13-/m1/s1. The van der Waals surface area contributed by atoms with Crippen LogP contribution in [-0.2, 0) is 11.3 Å². The zero-order valence-electron chi connectivity index (χ0n) is 14.1. The highest BCUT2D eigenvalue weighted by molar-refractivity contribution is 7.71. The SMILES string of the molecule is Cc1cccc(-c2n[nH]c(=S)n2CC(=O)N[C@H](C)c2ccncc2)c1. The number of aromatic nitrogens is 4. The second kappa shape index (κ2) is 7.40. The Hall–Kier alpha value is -2.80. The van der Waals surface area contributed by atoms with Gasteiger partial charge in [0.15, 0.2) is 10.6 Å². The third kappa shape index (κ3) is 4.00. The van der Waals surface area contributed by atoms with E-state index in [9.17, 15) is 4.79 Å². The van der Waals surface area contributed by atoms with Crippen LogP contribution >= 0.6 is 12.2 Å². The molecule has 6 nitrogen and oxygen atoms in total. The number of rotatable bonds is 5. The fourth-order valence-corrected chi connectivity index (χ4v) is 2.83. The molecule has 0 aliphatic carbocycles. The smallest absolute Gasteiger partial charge is 0.240 e. The minimum atomic E-state index is -0.129. The van der Waals surface area contributed by atoms with Gasteiger partial charge in [-0.25, -0.2) is 0 Å². The molecular formula is C18H19N5OS. The molecule has 7 heteroatoms. The van der Waals surface area contributed by atoms with E-state index in [0.29, 0.717) is 10.6 Å². The van der Waals surface area contributed by atoms with Gasteiger partial charge in [-0.2, -0.15) is 5.10 Å². The number of nitrogens with zero attached hydrogens (tertiary/aromatic N) is 3. The largest absolute Gasteiger partial charge is 0.348 e. The van der Waals surface area contributed by atoms with Gasteiger partial charge in [0.1, 0.15) is 6.54 Å². The molecule has 0 aliphatic rings. The van der Waals surface area contributed by atoms with E-state index in [1.807, 2.05) is 50.2 Å². The summed E-state index contributed by atoms with van der Waals surface area (Å²) in [4.78, 5) is 16.4. The zero-order chi connectivity index (χ0) is 17.8. The first-order valence-corrected chi connectivity index (χ1v) is 8.37. The van der Waals surface area contributed by atoms with Crippen LogP contribution in [0.2, 0.25) is 0 Å². The van der Waals surface area contributed by atoms with Crippen molar-refractivity contribution >= 4 is 18.1 Å². The van der Waals surface area contributed by atoms with Crippen LogP contribution < -0.4 is 5.32 Å². The maximum Gasteiger partial charge on any atom is 0.240 e. The Balaban J connectivity index is 1.78. The number of carbonyl (C=O) groups excluding carboxylic acids is 1. The molecule has 0 fully saturated rings. The van der Waals surface area contributed by atoms with Crippen molar-refractivity contribution in [1.82, 2.24) is 25.1 Å². The minimum absolute atomic E-state index is 0.105. The third-order valence-corrected chi connectivity index (χ3v) is 4.23. The first-order chi connectivity index (χ1) is 12.0. The number of hydrogen-bond acceptors (Lipinski definition) is 4. The molecule has 25 heavy (non-hydrogen) atoms.